The minimum absolute atomic E-state index is 0.309. The molecule has 0 bridgehead atoms. The van der Waals surface area contributed by atoms with Crippen molar-refractivity contribution >= 4 is 41.2 Å². The first-order valence-electron chi connectivity index (χ1n) is 7.88. The molecule has 0 atom stereocenters. The van der Waals surface area contributed by atoms with Crippen LogP contribution >= 0.6 is 23.8 Å². The lowest BCUT2D eigenvalue weighted by atomic mass is 10.2. The van der Waals surface area contributed by atoms with Crippen LogP contribution in [0.5, 0.6) is 0 Å². The second kappa shape index (κ2) is 8.43. The van der Waals surface area contributed by atoms with Crippen LogP contribution in [0.2, 0.25) is 5.02 Å². The maximum atomic E-state index is 5.92. The van der Waals surface area contributed by atoms with Crippen molar-refractivity contribution in [3.8, 4) is 0 Å². The third-order valence-electron chi connectivity index (χ3n) is 3.75. The summed E-state index contributed by atoms with van der Waals surface area (Å²) in [6, 6.07) is 7.64. The van der Waals surface area contributed by atoms with E-state index in [4.69, 9.17) is 34.4 Å². The van der Waals surface area contributed by atoms with E-state index in [1.54, 1.807) is 4.68 Å². The monoisotopic (exact) mass is 381 g/mol. The molecule has 1 saturated heterocycles. The van der Waals surface area contributed by atoms with E-state index in [9.17, 15) is 0 Å². The number of hydrazine groups is 1. The van der Waals surface area contributed by atoms with Gasteiger partial charge in [0.15, 0.2) is 0 Å². The molecule has 8 nitrogen and oxygen atoms in total. The van der Waals surface area contributed by atoms with E-state index in [0.29, 0.717) is 43.3 Å². The third-order valence-corrected chi connectivity index (χ3v) is 4.27. The number of aromatic nitrogens is 3. The Bertz CT molecular complexity index is 702. The minimum Gasteiger partial charge on any atom is -0.378 e. The van der Waals surface area contributed by atoms with Crippen molar-refractivity contribution in [3.05, 3.63) is 34.9 Å². The van der Waals surface area contributed by atoms with Gasteiger partial charge in [-0.25, -0.2) is 10.5 Å². The zero-order chi connectivity index (χ0) is 17.6. The molecule has 10 heteroatoms. The fourth-order valence-corrected chi connectivity index (χ4v) is 2.62. The molecule has 134 valence electrons. The molecular formula is C15H20ClN7OS. The van der Waals surface area contributed by atoms with Crippen molar-refractivity contribution < 1.29 is 4.74 Å². The van der Waals surface area contributed by atoms with Gasteiger partial charge in [0.05, 0.1) is 18.7 Å². The second-order valence-corrected chi connectivity index (χ2v) is 6.22. The third kappa shape index (κ3) is 4.79. The maximum absolute atomic E-state index is 5.92. The van der Waals surface area contributed by atoms with Crippen LogP contribution in [0.3, 0.4) is 0 Å². The molecule has 25 heavy (non-hydrogen) atoms. The summed E-state index contributed by atoms with van der Waals surface area (Å²) < 4.78 is 7.08. The number of nitrogens with zero attached hydrogens (tertiary/aromatic N) is 5. The molecule has 0 unspecified atom stereocenters. The molecule has 1 aromatic heterocycles. The molecule has 1 fully saturated rings. The zero-order valence-electron chi connectivity index (χ0n) is 13.6. The Hall–Kier alpha value is -1.94. The van der Waals surface area contributed by atoms with Gasteiger partial charge in [0.25, 0.3) is 0 Å². The van der Waals surface area contributed by atoms with Gasteiger partial charge in [-0.15, -0.1) is 5.10 Å². The summed E-state index contributed by atoms with van der Waals surface area (Å²) in [5.74, 6) is 7.08. The van der Waals surface area contributed by atoms with E-state index in [1.807, 2.05) is 24.3 Å². The fraction of sp³-hybridized carbons (Fsp3) is 0.400. The first-order chi connectivity index (χ1) is 12.2. The van der Waals surface area contributed by atoms with Crippen molar-refractivity contribution in [2.45, 2.75) is 13.2 Å². The van der Waals surface area contributed by atoms with Crippen LogP contribution in [0.1, 0.15) is 5.56 Å². The maximum Gasteiger partial charge on any atom is 0.246 e. The van der Waals surface area contributed by atoms with E-state index < -0.39 is 0 Å². The Kier molecular flexibility index (Phi) is 6.03. The van der Waals surface area contributed by atoms with Crippen LogP contribution in [0, 0.1) is 0 Å². The number of thiocarbonyl (C=S) groups is 1. The smallest absolute Gasteiger partial charge is 0.246 e. The Labute approximate surface area is 156 Å². The standard InChI is InChI=1S/C15H20ClN7OS/c16-13-3-1-12(2-4-13)9-18-14-19-15(21-5-7-24-8-6-21)20-23(14)10-22(17)11-25/h1-4,11H,5-10,17H2,(H,18,19,20). The van der Waals surface area contributed by atoms with Crippen LogP contribution in [0.4, 0.5) is 11.9 Å². The van der Waals surface area contributed by atoms with Gasteiger partial charge in [0.2, 0.25) is 11.9 Å². The molecule has 0 spiro atoms. The highest BCUT2D eigenvalue weighted by atomic mass is 35.5. The Morgan fingerprint density at radius 1 is 1.32 bits per heavy atom. The van der Waals surface area contributed by atoms with Gasteiger partial charge < -0.3 is 15.0 Å². The van der Waals surface area contributed by atoms with Crippen LogP contribution < -0.4 is 16.1 Å². The average molecular weight is 382 g/mol. The Morgan fingerprint density at radius 2 is 2.04 bits per heavy atom. The number of halogens is 1. The van der Waals surface area contributed by atoms with Gasteiger partial charge >= 0.3 is 0 Å². The molecule has 1 aromatic carbocycles. The highest BCUT2D eigenvalue weighted by Gasteiger charge is 2.18. The highest BCUT2D eigenvalue weighted by Crippen LogP contribution is 2.16. The van der Waals surface area contributed by atoms with Gasteiger partial charge in [0.1, 0.15) is 6.67 Å². The number of nitrogens with two attached hydrogens (primary N) is 1. The van der Waals surface area contributed by atoms with Gasteiger partial charge in [-0.1, -0.05) is 36.0 Å². The average Bonchev–Trinajstić information content (AvgIpc) is 3.04. The molecule has 0 amide bonds. The van der Waals surface area contributed by atoms with Gasteiger partial charge in [-0.2, -0.15) is 4.98 Å². The zero-order valence-corrected chi connectivity index (χ0v) is 15.2. The lowest BCUT2D eigenvalue weighted by molar-refractivity contribution is 0.122. The van der Waals surface area contributed by atoms with E-state index >= 15 is 0 Å². The molecule has 1 aliphatic heterocycles. The van der Waals surface area contributed by atoms with E-state index in [0.717, 1.165) is 18.7 Å². The largest absolute Gasteiger partial charge is 0.378 e. The van der Waals surface area contributed by atoms with Gasteiger partial charge in [-0.05, 0) is 17.7 Å². The number of hydrogen-bond acceptors (Lipinski definition) is 7. The van der Waals surface area contributed by atoms with Crippen LogP contribution in [-0.4, -0.2) is 51.6 Å². The Morgan fingerprint density at radius 3 is 2.72 bits per heavy atom. The molecule has 0 radical (unpaired) electrons. The van der Waals surface area contributed by atoms with Crippen molar-refractivity contribution in [1.29, 1.82) is 0 Å². The fourth-order valence-electron chi connectivity index (χ4n) is 2.43. The predicted octanol–water partition coefficient (Wildman–Crippen LogP) is 1.47. The lowest BCUT2D eigenvalue weighted by Gasteiger charge is -2.25. The quantitative estimate of drug-likeness (QED) is 0.424. The summed E-state index contributed by atoms with van der Waals surface area (Å²) in [7, 11) is 0. The summed E-state index contributed by atoms with van der Waals surface area (Å²) in [5, 5.41) is 9.93. The predicted molar refractivity (Wildman–Crippen MR) is 102 cm³/mol. The number of benzene rings is 1. The van der Waals surface area contributed by atoms with Crippen molar-refractivity contribution in [1.82, 2.24) is 19.8 Å². The molecule has 2 heterocycles. The lowest BCUT2D eigenvalue weighted by Crippen LogP contribution is -2.37. The number of anilines is 2. The first-order valence-corrected chi connectivity index (χ1v) is 8.73. The van der Waals surface area contributed by atoms with Crippen molar-refractivity contribution in [2.75, 3.05) is 36.5 Å². The topological polar surface area (TPSA) is 84.5 Å². The van der Waals surface area contributed by atoms with E-state index in [-0.39, 0.29) is 0 Å². The van der Waals surface area contributed by atoms with E-state index in [1.165, 1.54) is 10.5 Å². The number of nitrogens with one attached hydrogen (secondary N) is 1. The summed E-state index contributed by atoms with van der Waals surface area (Å²) in [5.41, 5.74) is 2.46. The second-order valence-electron chi connectivity index (χ2n) is 5.58. The normalized spacial score (nSPS) is 14.4. The Balaban J connectivity index is 1.75. The molecule has 1 aliphatic rings. The number of ether oxygens (including phenoxy) is 1. The van der Waals surface area contributed by atoms with Crippen molar-refractivity contribution in [2.24, 2.45) is 5.84 Å². The summed E-state index contributed by atoms with van der Waals surface area (Å²) in [6.45, 7) is 3.78. The minimum atomic E-state index is 0.309. The van der Waals surface area contributed by atoms with Crippen LogP contribution in [0.25, 0.3) is 0 Å². The first kappa shape index (κ1) is 17.9. The van der Waals surface area contributed by atoms with Crippen LogP contribution in [0.15, 0.2) is 24.3 Å². The SMILES string of the molecule is NN(C=S)Cn1nc(N2CCOCC2)nc1NCc1ccc(Cl)cc1. The molecule has 3 rings (SSSR count). The molecular weight excluding hydrogens is 362 g/mol. The molecule has 0 saturated carbocycles. The number of morpholine rings is 1. The molecule has 3 N–H and O–H groups in total. The van der Waals surface area contributed by atoms with E-state index in [2.05, 4.69) is 20.3 Å². The molecule has 2 aromatic rings. The van der Waals surface area contributed by atoms with Gasteiger partial charge in [0, 0.05) is 24.7 Å². The number of rotatable bonds is 7. The summed E-state index contributed by atoms with van der Waals surface area (Å²) in [6.07, 6.45) is 0. The van der Waals surface area contributed by atoms with Crippen molar-refractivity contribution in [3.63, 3.8) is 0 Å². The number of hydrogen-bond donors (Lipinski definition) is 2. The van der Waals surface area contributed by atoms with Crippen LogP contribution in [-0.2, 0) is 18.0 Å². The summed E-state index contributed by atoms with van der Waals surface area (Å²) >= 11 is 10.8. The molecule has 0 aliphatic carbocycles. The van der Waals surface area contributed by atoms with Gasteiger partial charge in [-0.3, -0.25) is 5.01 Å². The summed E-state index contributed by atoms with van der Waals surface area (Å²) in [4.78, 5) is 6.70. The highest BCUT2D eigenvalue weighted by molar-refractivity contribution is 7.78.